The van der Waals surface area contributed by atoms with Gasteiger partial charge in [-0.1, -0.05) is 30.3 Å². The molecule has 5 aromatic rings. The number of fused-ring (bicyclic) bond motifs is 3. The van der Waals surface area contributed by atoms with E-state index in [4.69, 9.17) is 9.40 Å². The van der Waals surface area contributed by atoms with E-state index in [1.165, 1.54) is 23.3 Å². The molecule has 1 aliphatic carbocycles. The summed E-state index contributed by atoms with van der Waals surface area (Å²) in [6, 6.07) is 17.7. The number of rotatable bonds is 3. The van der Waals surface area contributed by atoms with E-state index in [9.17, 15) is 4.79 Å². The Labute approximate surface area is 181 Å². The number of carbonyl (C=O) groups excluding carboxylic acids is 1. The molecule has 0 atom stereocenters. The van der Waals surface area contributed by atoms with Gasteiger partial charge in [0.15, 0.2) is 5.76 Å². The maximum Gasteiger partial charge on any atom is 0.292 e. The van der Waals surface area contributed by atoms with Crippen molar-refractivity contribution in [3.8, 4) is 10.6 Å². The standard InChI is InChI=1S/C24H18N2O2S2/c27-22(18-13-14-7-1-4-10-17(14)28-18)26-24-21(15-8-2-5-11-19(15)29-24)23-25-16-9-3-6-12-20(16)30-23/h1,3-4,6-7,9-10,12-13H,2,5,8,11H2,(H,26,27). The molecule has 0 bridgehead atoms. The summed E-state index contributed by atoms with van der Waals surface area (Å²) in [6.07, 6.45) is 4.48. The number of anilines is 1. The molecule has 3 aromatic heterocycles. The van der Waals surface area contributed by atoms with Crippen LogP contribution in [0, 0.1) is 0 Å². The zero-order chi connectivity index (χ0) is 20.1. The molecule has 1 amide bonds. The zero-order valence-corrected chi connectivity index (χ0v) is 17.7. The van der Waals surface area contributed by atoms with Gasteiger partial charge in [0.1, 0.15) is 15.6 Å². The second-order valence-corrected chi connectivity index (χ2v) is 9.64. The van der Waals surface area contributed by atoms with Gasteiger partial charge in [-0.2, -0.15) is 0 Å². The molecule has 1 N–H and O–H groups in total. The smallest absolute Gasteiger partial charge is 0.292 e. The van der Waals surface area contributed by atoms with Gasteiger partial charge >= 0.3 is 0 Å². The maximum atomic E-state index is 13.0. The number of hydrogen-bond donors (Lipinski definition) is 1. The molecule has 0 unspecified atom stereocenters. The monoisotopic (exact) mass is 430 g/mol. The van der Waals surface area contributed by atoms with Gasteiger partial charge in [0.2, 0.25) is 0 Å². The Morgan fingerprint density at radius 2 is 1.83 bits per heavy atom. The van der Waals surface area contributed by atoms with Crippen molar-refractivity contribution < 1.29 is 9.21 Å². The molecule has 148 valence electrons. The van der Waals surface area contributed by atoms with Gasteiger partial charge in [0.25, 0.3) is 5.91 Å². The van der Waals surface area contributed by atoms with Crippen LogP contribution in [0.1, 0.15) is 33.8 Å². The van der Waals surface area contributed by atoms with E-state index in [1.807, 2.05) is 42.5 Å². The fraction of sp³-hybridized carbons (Fsp3) is 0.167. The highest BCUT2D eigenvalue weighted by atomic mass is 32.1. The van der Waals surface area contributed by atoms with Gasteiger partial charge in [0.05, 0.1) is 10.2 Å². The summed E-state index contributed by atoms with van der Waals surface area (Å²) in [5.41, 5.74) is 4.17. The Hall–Kier alpha value is -2.96. The molecule has 0 spiro atoms. The maximum absolute atomic E-state index is 13.0. The largest absolute Gasteiger partial charge is 0.451 e. The number of aromatic nitrogens is 1. The summed E-state index contributed by atoms with van der Waals surface area (Å²) in [6.45, 7) is 0. The molecule has 0 saturated heterocycles. The van der Waals surface area contributed by atoms with Crippen LogP contribution in [0.25, 0.3) is 31.8 Å². The second kappa shape index (κ2) is 7.07. The van der Waals surface area contributed by atoms with Gasteiger partial charge in [-0.3, -0.25) is 4.79 Å². The predicted octanol–water partition coefficient (Wildman–Crippen LogP) is 6.90. The first-order valence-electron chi connectivity index (χ1n) is 10.1. The first-order valence-corrected chi connectivity index (χ1v) is 11.7. The highest BCUT2D eigenvalue weighted by Gasteiger charge is 2.26. The summed E-state index contributed by atoms with van der Waals surface area (Å²) < 4.78 is 6.94. The Morgan fingerprint density at radius 1 is 1.00 bits per heavy atom. The second-order valence-electron chi connectivity index (χ2n) is 7.50. The fourth-order valence-corrected chi connectivity index (χ4v) is 6.51. The Bertz CT molecular complexity index is 1340. The molecule has 0 fully saturated rings. The Balaban J connectivity index is 1.43. The van der Waals surface area contributed by atoms with Crippen molar-refractivity contribution in [3.05, 3.63) is 70.8 Å². The number of aryl methyl sites for hydroxylation is 1. The van der Waals surface area contributed by atoms with Gasteiger partial charge in [0, 0.05) is 15.8 Å². The molecule has 1 aliphatic rings. The molecule has 3 heterocycles. The SMILES string of the molecule is O=C(Nc1sc2c(c1-c1nc3ccccc3s1)CCCC2)c1cc2ccccc2o1. The van der Waals surface area contributed by atoms with Crippen LogP contribution in [-0.4, -0.2) is 10.9 Å². The lowest BCUT2D eigenvalue weighted by Gasteiger charge is -2.11. The number of furan rings is 1. The third-order valence-electron chi connectivity index (χ3n) is 5.56. The summed E-state index contributed by atoms with van der Waals surface area (Å²) in [5.74, 6) is 0.116. The zero-order valence-electron chi connectivity index (χ0n) is 16.1. The average molecular weight is 431 g/mol. The molecule has 6 heteroatoms. The van der Waals surface area contributed by atoms with E-state index >= 15 is 0 Å². The molecular weight excluding hydrogens is 412 g/mol. The lowest BCUT2D eigenvalue weighted by molar-refractivity contribution is 0.0999. The molecule has 30 heavy (non-hydrogen) atoms. The van der Waals surface area contributed by atoms with Crippen molar-refractivity contribution in [2.75, 3.05) is 5.32 Å². The van der Waals surface area contributed by atoms with Crippen LogP contribution < -0.4 is 5.32 Å². The number of carbonyl (C=O) groups is 1. The van der Waals surface area contributed by atoms with E-state index in [-0.39, 0.29) is 5.91 Å². The molecular formula is C24H18N2O2S2. The number of amides is 1. The van der Waals surface area contributed by atoms with Crippen LogP contribution >= 0.6 is 22.7 Å². The highest BCUT2D eigenvalue weighted by molar-refractivity contribution is 7.23. The number of nitrogens with one attached hydrogen (secondary N) is 1. The Kier molecular flexibility index (Phi) is 4.21. The van der Waals surface area contributed by atoms with E-state index in [1.54, 1.807) is 28.7 Å². The van der Waals surface area contributed by atoms with Crippen molar-refractivity contribution in [1.82, 2.24) is 4.98 Å². The average Bonchev–Trinajstić information content (AvgIpc) is 3.47. The molecule has 0 aliphatic heterocycles. The molecule has 2 aromatic carbocycles. The summed E-state index contributed by atoms with van der Waals surface area (Å²) in [5, 5.41) is 5.93. The first kappa shape index (κ1) is 17.9. The van der Waals surface area contributed by atoms with Crippen molar-refractivity contribution in [2.45, 2.75) is 25.7 Å². The normalized spacial score (nSPS) is 13.6. The van der Waals surface area contributed by atoms with Crippen molar-refractivity contribution in [1.29, 1.82) is 0 Å². The number of benzene rings is 2. The highest BCUT2D eigenvalue weighted by Crippen LogP contribution is 2.46. The van der Waals surface area contributed by atoms with Gasteiger partial charge in [-0.15, -0.1) is 22.7 Å². The van der Waals surface area contributed by atoms with Crippen molar-refractivity contribution in [3.63, 3.8) is 0 Å². The van der Waals surface area contributed by atoms with Crippen LogP contribution in [0.15, 0.2) is 59.0 Å². The van der Waals surface area contributed by atoms with Crippen LogP contribution in [0.4, 0.5) is 5.00 Å². The minimum atomic E-state index is -0.216. The first-order chi connectivity index (χ1) is 14.8. The van der Waals surface area contributed by atoms with Gasteiger partial charge < -0.3 is 9.73 Å². The third kappa shape index (κ3) is 2.95. The minimum Gasteiger partial charge on any atom is -0.451 e. The van der Waals surface area contributed by atoms with Gasteiger partial charge in [-0.25, -0.2) is 4.98 Å². The van der Waals surface area contributed by atoms with Crippen LogP contribution in [0.3, 0.4) is 0 Å². The van der Waals surface area contributed by atoms with Crippen molar-refractivity contribution in [2.24, 2.45) is 0 Å². The summed E-state index contributed by atoms with van der Waals surface area (Å²) in [4.78, 5) is 19.3. The fourth-order valence-electron chi connectivity index (χ4n) is 4.12. The third-order valence-corrected chi connectivity index (χ3v) is 7.82. The predicted molar refractivity (Wildman–Crippen MR) is 124 cm³/mol. The molecule has 6 rings (SSSR count). The summed E-state index contributed by atoms with van der Waals surface area (Å²) >= 11 is 3.38. The number of hydrogen-bond acceptors (Lipinski definition) is 5. The number of thiophene rings is 1. The number of nitrogens with zero attached hydrogens (tertiary/aromatic N) is 1. The van der Waals surface area contributed by atoms with E-state index in [0.717, 1.165) is 49.6 Å². The van der Waals surface area contributed by atoms with Crippen LogP contribution in [0.2, 0.25) is 0 Å². The topological polar surface area (TPSA) is 55.1 Å². The lowest BCUT2D eigenvalue weighted by Crippen LogP contribution is -2.10. The van der Waals surface area contributed by atoms with E-state index in [2.05, 4.69) is 11.4 Å². The quantitative estimate of drug-likeness (QED) is 0.339. The number of para-hydroxylation sites is 2. The summed E-state index contributed by atoms with van der Waals surface area (Å²) in [7, 11) is 0. The molecule has 4 nitrogen and oxygen atoms in total. The Morgan fingerprint density at radius 3 is 2.73 bits per heavy atom. The van der Waals surface area contributed by atoms with E-state index in [0.29, 0.717) is 5.76 Å². The van der Waals surface area contributed by atoms with Crippen LogP contribution in [0.5, 0.6) is 0 Å². The van der Waals surface area contributed by atoms with E-state index < -0.39 is 0 Å². The van der Waals surface area contributed by atoms with Crippen LogP contribution in [-0.2, 0) is 12.8 Å². The lowest BCUT2D eigenvalue weighted by atomic mass is 9.96. The molecule has 0 saturated carbocycles. The minimum absolute atomic E-state index is 0.216. The van der Waals surface area contributed by atoms with Crippen molar-refractivity contribution >= 4 is 54.8 Å². The molecule has 0 radical (unpaired) electrons. The van der Waals surface area contributed by atoms with Gasteiger partial charge in [-0.05, 0) is 55.5 Å². The number of thiazole rings is 1.